The van der Waals surface area contributed by atoms with Gasteiger partial charge in [-0.15, -0.1) is 11.8 Å². The number of carbonyl (C=O) groups is 1. The first kappa shape index (κ1) is 19.0. The molecular formula is C21H25N2O4S+. The van der Waals surface area contributed by atoms with Crippen LogP contribution >= 0.6 is 11.8 Å². The highest BCUT2D eigenvalue weighted by Gasteiger charge is 2.27. The molecule has 0 saturated carbocycles. The fourth-order valence-corrected chi connectivity index (χ4v) is 4.12. The minimum atomic E-state index is 0.0478. The van der Waals surface area contributed by atoms with Crippen LogP contribution in [0.25, 0.3) is 0 Å². The SMILES string of the molecule is COc1cc(SC)ccc1C(=O)N1CC[NH+](Cc2ccc3c(c2)OCO3)CC1. The highest BCUT2D eigenvalue weighted by Crippen LogP contribution is 2.32. The van der Waals surface area contributed by atoms with E-state index in [0.29, 0.717) is 18.1 Å². The van der Waals surface area contributed by atoms with Gasteiger partial charge >= 0.3 is 0 Å². The lowest BCUT2D eigenvalue weighted by atomic mass is 10.1. The molecule has 4 rings (SSSR count). The summed E-state index contributed by atoms with van der Waals surface area (Å²) >= 11 is 1.64. The molecule has 0 unspecified atom stereocenters. The van der Waals surface area contributed by atoms with Gasteiger partial charge in [0.15, 0.2) is 11.5 Å². The van der Waals surface area contributed by atoms with Gasteiger partial charge in [0.2, 0.25) is 6.79 Å². The highest BCUT2D eigenvalue weighted by atomic mass is 32.2. The van der Waals surface area contributed by atoms with Crippen LogP contribution in [0.4, 0.5) is 0 Å². The Hall–Kier alpha value is -2.38. The van der Waals surface area contributed by atoms with E-state index >= 15 is 0 Å². The van der Waals surface area contributed by atoms with E-state index in [1.54, 1.807) is 18.9 Å². The summed E-state index contributed by atoms with van der Waals surface area (Å²) in [6.07, 6.45) is 2.01. The van der Waals surface area contributed by atoms with Gasteiger partial charge in [-0.25, -0.2) is 0 Å². The molecule has 2 heterocycles. The molecule has 2 aliphatic rings. The van der Waals surface area contributed by atoms with E-state index in [0.717, 1.165) is 49.1 Å². The first-order chi connectivity index (χ1) is 13.7. The molecule has 1 amide bonds. The van der Waals surface area contributed by atoms with E-state index in [1.807, 2.05) is 35.4 Å². The first-order valence-corrected chi connectivity index (χ1v) is 10.6. The Labute approximate surface area is 169 Å². The molecule has 148 valence electrons. The number of ether oxygens (including phenoxy) is 3. The lowest BCUT2D eigenvalue weighted by molar-refractivity contribution is -0.917. The fourth-order valence-electron chi connectivity index (χ4n) is 3.69. The second-order valence-electron chi connectivity index (χ2n) is 6.97. The molecule has 2 aliphatic heterocycles. The van der Waals surface area contributed by atoms with Crippen molar-refractivity contribution in [3.8, 4) is 17.2 Å². The summed E-state index contributed by atoms with van der Waals surface area (Å²) in [5.41, 5.74) is 1.87. The lowest BCUT2D eigenvalue weighted by Crippen LogP contribution is -3.13. The number of rotatable bonds is 5. The van der Waals surface area contributed by atoms with Gasteiger partial charge < -0.3 is 24.0 Å². The molecule has 7 heteroatoms. The third-order valence-electron chi connectivity index (χ3n) is 5.29. The Morgan fingerprint density at radius 3 is 2.68 bits per heavy atom. The maximum absolute atomic E-state index is 13.0. The van der Waals surface area contributed by atoms with Crippen LogP contribution in [0.15, 0.2) is 41.3 Å². The number of hydrogen-bond donors (Lipinski definition) is 1. The van der Waals surface area contributed by atoms with Gasteiger partial charge in [0.1, 0.15) is 12.3 Å². The van der Waals surface area contributed by atoms with Crippen LogP contribution < -0.4 is 19.1 Å². The molecule has 0 aliphatic carbocycles. The molecule has 1 fully saturated rings. The summed E-state index contributed by atoms with van der Waals surface area (Å²) in [7, 11) is 1.61. The normalized spacial score (nSPS) is 16.3. The number of hydrogen-bond acceptors (Lipinski definition) is 5. The zero-order chi connectivity index (χ0) is 19.5. The van der Waals surface area contributed by atoms with Crippen molar-refractivity contribution in [2.45, 2.75) is 11.4 Å². The standard InChI is InChI=1S/C21H24N2O4S/c1-25-19-12-16(28-2)4-5-17(19)21(24)23-9-7-22(8-10-23)13-15-3-6-18-20(11-15)27-14-26-18/h3-6,11-12H,7-10,13-14H2,1-2H3/p+1. The van der Waals surface area contributed by atoms with Crippen LogP contribution in [0.1, 0.15) is 15.9 Å². The zero-order valence-electron chi connectivity index (χ0n) is 16.2. The van der Waals surface area contributed by atoms with Gasteiger partial charge in [0, 0.05) is 10.5 Å². The Morgan fingerprint density at radius 1 is 1.14 bits per heavy atom. The quantitative estimate of drug-likeness (QED) is 0.773. The van der Waals surface area contributed by atoms with Gasteiger partial charge in [-0.1, -0.05) is 0 Å². The molecule has 28 heavy (non-hydrogen) atoms. The van der Waals surface area contributed by atoms with Crippen molar-refractivity contribution in [2.24, 2.45) is 0 Å². The number of benzene rings is 2. The van der Waals surface area contributed by atoms with Crippen LogP contribution in [0.2, 0.25) is 0 Å². The lowest BCUT2D eigenvalue weighted by Gasteiger charge is -2.32. The molecule has 6 nitrogen and oxygen atoms in total. The van der Waals surface area contributed by atoms with Crippen LogP contribution in [0.3, 0.4) is 0 Å². The molecule has 0 bridgehead atoms. The number of carbonyl (C=O) groups excluding carboxylic acids is 1. The average molecular weight is 402 g/mol. The number of methoxy groups -OCH3 is 1. The van der Waals surface area contributed by atoms with Crippen LogP contribution in [-0.2, 0) is 6.54 Å². The minimum absolute atomic E-state index is 0.0478. The van der Waals surface area contributed by atoms with Crippen molar-refractivity contribution in [2.75, 3.05) is 46.3 Å². The topological polar surface area (TPSA) is 52.4 Å². The van der Waals surface area contributed by atoms with E-state index in [9.17, 15) is 4.79 Å². The predicted octanol–water partition coefficient (Wildman–Crippen LogP) is 1.69. The van der Waals surface area contributed by atoms with Crippen molar-refractivity contribution in [3.05, 3.63) is 47.5 Å². The fraction of sp³-hybridized carbons (Fsp3) is 0.381. The second kappa shape index (κ2) is 8.32. The van der Waals surface area contributed by atoms with Gasteiger partial charge in [-0.05, 0) is 42.7 Å². The molecular weight excluding hydrogens is 376 g/mol. The van der Waals surface area contributed by atoms with Crippen LogP contribution in [-0.4, -0.2) is 57.1 Å². The van der Waals surface area contributed by atoms with Gasteiger partial charge in [0.25, 0.3) is 5.91 Å². The maximum Gasteiger partial charge on any atom is 0.258 e. The van der Waals surface area contributed by atoms with Crippen molar-refractivity contribution in [1.82, 2.24) is 4.90 Å². The second-order valence-corrected chi connectivity index (χ2v) is 7.85. The third-order valence-corrected chi connectivity index (χ3v) is 6.01. The van der Waals surface area contributed by atoms with E-state index in [1.165, 1.54) is 10.5 Å². The molecule has 0 aromatic heterocycles. The largest absolute Gasteiger partial charge is 0.496 e. The Kier molecular flexibility index (Phi) is 5.64. The number of nitrogens with one attached hydrogen (secondary N) is 1. The minimum Gasteiger partial charge on any atom is -0.496 e. The number of fused-ring (bicyclic) bond motifs is 1. The number of piperazine rings is 1. The average Bonchev–Trinajstić information content (AvgIpc) is 3.21. The summed E-state index contributed by atoms with van der Waals surface area (Å²) < 4.78 is 16.3. The van der Waals surface area contributed by atoms with Crippen LogP contribution in [0.5, 0.6) is 17.2 Å². The van der Waals surface area contributed by atoms with Gasteiger partial charge in [-0.3, -0.25) is 4.79 Å². The van der Waals surface area contributed by atoms with E-state index in [4.69, 9.17) is 14.2 Å². The monoisotopic (exact) mass is 401 g/mol. The summed E-state index contributed by atoms with van der Waals surface area (Å²) in [5.74, 6) is 2.33. The predicted molar refractivity (Wildman–Crippen MR) is 108 cm³/mol. The Morgan fingerprint density at radius 2 is 1.93 bits per heavy atom. The molecule has 1 saturated heterocycles. The Balaban J connectivity index is 1.37. The molecule has 0 radical (unpaired) electrons. The molecule has 1 N–H and O–H groups in total. The summed E-state index contributed by atoms with van der Waals surface area (Å²) in [6.45, 7) is 4.55. The number of quaternary nitrogens is 1. The molecule has 0 atom stereocenters. The molecule has 2 aromatic rings. The maximum atomic E-state index is 13.0. The third kappa shape index (κ3) is 3.91. The first-order valence-electron chi connectivity index (χ1n) is 9.41. The van der Waals surface area contributed by atoms with E-state index < -0.39 is 0 Å². The van der Waals surface area contributed by atoms with Gasteiger partial charge in [-0.2, -0.15) is 0 Å². The highest BCUT2D eigenvalue weighted by molar-refractivity contribution is 7.98. The Bertz CT molecular complexity index is 865. The molecule has 2 aromatic carbocycles. The molecule has 0 spiro atoms. The van der Waals surface area contributed by atoms with Crippen molar-refractivity contribution in [1.29, 1.82) is 0 Å². The number of nitrogens with zero attached hydrogens (tertiary/aromatic N) is 1. The smallest absolute Gasteiger partial charge is 0.258 e. The summed E-state index contributed by atoms with van der Waals surface area (Å²) in [6, 6.07) is 11.9. The zero-order valence-corrected chi connectivity index (χ0v) is 17.0. The van der Waals surface area contributed by atoms with Crippen LogP contribution in [0, 0.1) is 0 Å². The van der Waals surface area contributed by atoms with E-state index in [2.05, 4.69) is 12.1 Å². The van der Waals surface area contributed by atoms with E-state index in [-0.39, 0.29) is 5.91 Å². The van der Waals surface area contributed by atoms with Crippen molar-refractivity contribution >= 4 is 17.7 Å². The summed E-state index contributed by atoms with van der Waals surface area (Å²) in [5, 5.41) is 0. The summed E-state index contributed by atoms with van der Waals surface area (Å²) in [4.78, 5) is 17.5. The number of amides is 1. The number of thioether (sulfide) groups is 1. The van der Waals surface area contributed by atoms with Crippen molar-refractivity contribution < 1.29 is 23.9 Å². The van der Waals surface area contributed by atoms with Gasteiger partial charge in [0.05, 0.1) is 38.9 Å². The van der Waals surface area contributed by atoms with Crippen molar-refractivity contribution in [3.63, 3.8) is 0 Å².